The molecule has 2 heterocycles. The first-order valence-corrected chi connectivity index (χ1v) is 9.30. The number of fused-ring (bicyclic) bond motifs is 1. The van der Waals surface area contributed by atoms with Crippen LogP contribution in [0, 0.1) is 10.6 Å². The second-order valence-corrected chi connectivity index (χ2v) is 7.02. The summed E-state index contributed by atoms with van der Waals surface area (Å²) in [6.07, 6.45) is 3.16. The first kappa shape index (κ1) is 17.6. The van der Waals surface area contributed by atoms with Crippen LogP contribution in [0.25, 0.3) is 16.6 Å². The number of rotatable bonds is 2. The second-order valence-electron chi connectivity index (χ2n) is 6.64. The van der Waals surface area contributed by atoms with Gasteiger partial charge in [-0.1, -0.05) is 12.1 Å². The second kappa shape index (κ2) is 7.08. The van der Waals surface area contributed by atoms with Crippen LogP contribution in [0.4, 0.5) is 4.39 Å². The number of hydrogen-bond donors (Lipinski definition) is 1. The van der Waals surface area contributed by atoms with E-state index in [4.69, 9.17) is 12.2 Å². The van der Waals surface area contributed by atoms with Crippen LogP contribution in [0.3, 0.4) is 0 Å². The fourth-order valence-electron chi connectivity index (χ4n) is 3.48. The zero-order chi connectivity index (χ0) is 19.0. The van der Waals surface area contributed by atoms with Crippen LogP contribution in [0.5, 0.6) is 0 Å². The average molecular weight is 383 g/mol. The van der Waals surface area contributed by atoms with E-state index in [1.807, 2.05) is 4.90 Å². The largest absolute Gasteiger partial charge is 0.339 e. The molecule has 2 aromatic carbocycles. The molecule has 1 aliphatic rings. The minimum Gasteiger partial charge on any atom is -0.339 e. The molecule has 1 amide bonds. The molecule has 27 heavy (non-hydrogen) atoms. The van der Waals surface area contributed by atoms with Crippen LogP contribution in [0.2, 0.25) is 0 Å². The molecule has 1 aromatic heterocycles. The van der Waals surface area contributed by atoms with Gasteiger partial charge in [0.15, 0.2) is 4.77 Å². The molecule has 0 unspecified atom stereocenters. The molecule has 0 aliphatic carbocycles. The maximum atomic E-state index is 14.1. The lowest BCUT2D eigenvalue weighted by molar-refractivity contribution is 0.0724. The highest BCUT2D eigenvalue weighted by Crippen LogP contribution is 2.18. The van der Waals surface area contributed by atoms with E-state index in [0.717, 1.165) is 36.9 Å². The summed E-state index contributed by atoms with van der Waals surface area (Å²) in [6, 6.07) is 10.9. The molecule has 0 bridgehead atoms. The van der Waals surface area contributed by atoms with Crippen LogP contribution in [-0.2, 0) is 0 Å². The molecule has 3 aromatic rings. The topological polar surface area (TPSA) is 58.1 Å². The Bertz CT molecular complexity index is 1150. The van der Waals surface area contributed by atoms with Crippen LogP contribution >= 0.6 is 12.2 Å². The summed E-state index contributed by atoms with van der Waals surface area (Å²) < 4.78 is 15.4. The van der Waals surface area contributed by atoms with E-state index in [9.17, 15) is 14.0 Å². The summed E-state index contributed by atoms with van der Waals surface area (Å²) in [7, 11) is 0. The number of piperidine rings is 1. The van der Waals surface area contributed by atoms with Gasteiger partial charge in [0.25, 0.3) is 11.5 Å². The Morgan fingerprint density at radius 1 is 1.07 bits per heavy atom. The van der Waals surface area contributed by atoms with Crippen molar-refractivity contribution >= 4 is 29.0 Å². The van der Waals surface area contributed by atoms with Crippen molar-refractivity contribution in [1.82, 2.24) is 14.5 Å². The zero-order valence-corrected chi connectivity index (χ0v) is 15.4. The average Bonchev–Trinajstić information content (AvgIpc) is 2.69. The maximum Gasteiger partial charge on any atom is 0.266 e. The molecule has 1 fully saturated rings. The van der Waals surface area contributed by atoms with Crippen LogP contribution in [-0.4, -0.2) is 33.4 Å². The quantitative estimate of drug-likeness (QED) is 0.685. The van der Waals surface area contributed by atoms with Gasteiger partial charge < -0.3 is 9.88 Å². The number of halogens is 1. The van der Waals surface area contributed by atoms with Crippen LogP contribution in [0.1, 0.15) is 29.6 Å². The molecule has 0 atom stereocenters. The van der Waals surface area contributed by atoms with Crippen molar-refractivity contribution in [1.29, 1.82) is 0 Å². The number of hydrogen-bond acceptors (Lipinski definition) is 3. The normalized spacial score (nSPS) is 14.5. The van der Waals surface area contributed by atoms with Gasteiger partial charge in [0.05, 0.1) is 16.6 Å². The van der Waals surface area contributed by atoms with Gasteiger partial charge in [-0.05, 0) is 61.8 Å². The molecule has 0 saturated carbocycles. The summed E-state index contributed by atoms with van der Waals surface area (Å²) in [6.45, 7) is 1.50. The van der Waals surface area contributed by atoms with Gasteiger partial charge in [-0.15, -0.1) is 0 Å². The SMILES string of the molecule is O=C(c1ccc2c(=O)n(-c3ccccc3F)c(=S)[nH]c2c1)N1CCCCC1. The van der Waals surface area contributed by atoms with E-state index in [1.54, 1.807) is 30.3 Å². The fourth-order valence-corrected chi connectivity index (χ4v) is 3.77. The smallest absolute Gasteiger partial charge is 0.266 e. The van der Waals surface area contributed by atoms with E-state index in [2.05, 4.69) is 4.98 Å². The van der Waals surface area contributed by atoms with E-state index < -0.39 is 11.4 Å². The fraction of sp³-hybridized carbons (Fsp3) is 0.250. The molecule has 0 radical (unpaired) electrons. The van der Waals surface area contributed by atoms with Crippen molar-refractivity contribution in [2.75, 3.05) is 13.1 Å². The molecule has 138 valence electrons. The van der Waals surface area contributed by atoms with E-state index in [0.29, 0.717) is 16.5 Å². The number of carbonyl (C=O) groups excluding carboxylic acids is 1. The number of amides is 1. The predicted molar refractivity (Wildman–Crippen MR) is 104 cm³/mol. The molecule has 1 saturated heterocycles. The number of likely N-dealkylation sites (tertiary alicyclic amines) is 1. The molecule has 7 heteroatoms. The minimum atomic E-state index is -0.532. The summed E-state index contributed by atoms with van der Waals surface area (Å²) >= 11 is 5.29. The van der Waals surface area contributed by atoms with Gasteiger partial charge in [0, 0.05) is 18.7 Å². The van der Waals surface area contributed by atoms with Crippen molar-refractivity contribution in [2.24, 2.45) is 0 Å². The number of carbonyl (C=O) groups is 1. The molecule has 1 aliphatic heterocycles. The van der Waals surface area contributed by atoms with Crippen molar-refractivity contribution in [2.45, 2.75) is 19.3 Å². The number of aromatic nitrogens is 2. The Morgan fingerprint density at radius 2 is 1.81 bits per heavy atom. The lowest BCUT2D eigenvalue weighted by atomic mass is 10.1. The number of nitrogens with zero attached hydrogens (tertiary/aromatic N) is 2. The number of benzene rings is 2. The summed E-state index contributed by atoms with van der Waals surface area (Å²) in [5.74, 6) is -0.579. The minimum absolute atomic E-state index is 0.0470. The third kappa shape index (κ3) is 3.19. The first-order chi connectivity index (χ1) is 13.1. The monoisotopic (exact) mass is 383 g/mol. The van der Waals surface area contributed by atoms with E-state index in [1.165, 1.54) is 12.1 Å². The van der Waals surface area contributed by atoms with Gasteiger partial charge >= 0.3 is 0 Å². The standard InChI is InChI=1S/C20H18FN3O2S/c21-15-6-2-3-7-17(15)24-19(26)14-9-8-13(12-16(14)22-20(24)27)18(25)23-10-4-1-5-11-23/h2-3,6-9,12H,1,4-5,10-11H2,(H,22,27). The molecule has 5 nitrogen and oxygen atoms in total. The molecule has 0 spiro atoms. The van der Waals surface area contributed by atoms with Crippen molar-refractivity contribution in [3.8, 4) is 5.69 Å². The Labute approximate surface area is 160 Å². The molecular weight excluding hydrogens is 365 g/mol. The van der Waals surface area contributed by atoms with Crippen molar-refractivity contribution in [3.63, 3.8) is 0 Å². The Morgan fingerprint density at radius 3 is 2.56 bits per heavy atom. The van der Waals surface area contributed by atoms with Gasteiger partial charge in [0.2, 0.25) is 0 Å². The Hall–Kier alpha value is -2.80. The highest BCUT2D eigenvalue weighted by atomic mass is 32.1. The molecule has 1 N–H and O–H groups in total. The number of para-hydroxylation sites is 1. The highest BCUT2D eigenvalue weighted by molar-refractivity contribution is 7.71. The third-order valence-corrected chi connectivity index (χ3v) is 5.17. The number of H-pyrrole nitrogens is 1. The molecule has 4 rings (SSSR count). The number of aromatic amines is 1. The van der Waals surface area contributed by atoms with Gasteiger partial charge in [0.1, 0.15) is 5.82 Å². The first-order valence-electron chi connectivity index (χ1n) is 8.89. The maximum absolute atomic E-state index is 14.1. The van der Waals surface area contributed by atoms with Crippen LogP contribution in [0.15, 0.2) is 47.3 Å². The van der Waals surface area contributed by atoms with Crippen molar-refractivity contribution < 1.29 is 9.18 Å². The van der Waals surface area contributed by atoms with Gasteiger partial charge in [-0.2, -0.15) is 0 Å². The Balaban J connectivity index is 1.82. The predicted octanol–water partition coefficient (Wildman–Crippen LogP) is 3.81. The Kier molecular flexibility index (Phi) is 4.61. The van der Waals surface area contributed by atoms with Crippen LogP contribution < -0.4 is 5.56 Å². The third-order valence-electron chi connectivity index (χ3n) is 4.88. The zero-order valence-electron chi connectivity index (χ0n) is 14.6. The van der Waals surface area contributed by atoms with E-state index >= 15 is 0 Å². The summed E-state index contributed by atoms with van der Waals surface area (Å²) in [5, 5.41) is 0.349. The summed E-state index contributed by atoms with van der Waals surface area (Å²) in [5.41, 5.74) is 0.661. The lowest BCUT2D eigenvalue weighted by Crippen LogP contribution is -2.35. The van der Waals surface area contributed by atoms with Gasteiger partial charge in [-0.25, -0.2) is 8.96 Å². The van der Waals surface area contributed by atoms with E-state index in [-0.39, 0.29) is 16.4 Å². The lowest BCUT2D eigenvalue weighted by Gasteiger charge is -2.26. The van der Waals surface area contributed by atoms with Crippen molar-refractivity contribution in [3.05, 3.63) is 69.0 Å². The summed E-state index contributed by atoms with van der Waals surface area (Å²) in [4.78, 5) is 30.4. The number of nitrogens with one attached hydrogen (secondary N) is 1. The molecular formula is C20H18FN3O2S. The highest BCUT2D eigenvalue weighted by Gasteiger charge is 2.19. The van der Waals surface area contributed by atoms with Gasteiger partial charge in [-0.3, -0.25) is 9.59 Å².